The Morgan fingerprint density at radius 3 is 2.00 bits per heavy atom. The van der Waals surface area contributed by atoms with Crippen molar-refractivity contribution in [3.8, 4) is 0 Å². The van der Waals surface area contributed by atoms with Crippen LogP contribution < -0.4 is 0 Å². The largest absolute Gasteiger partial charge is 0.394 e. The van der Waals surface area contributed by atoms with E-state index in [-0.39, 0.29) is 0 Å². The molecule has 5 N–H and O–H groups in total. The second-order valence-corrected chi connectivity index (χ2v) is 4.99. The average Bonchev–Trinajstić information content (AvgIpc) is 2.46. The first kappa shape index (κ1) is 19.8. The molecule has 0 saturated carbocycles. The summed E-state index contributed by atoms with van der Waals surface area (Å²) >= 11 is 0. The van der Waals surface area contributed by atoms with E-state index in [2.05, 4.69) is 18.6 Å². The van der Waals surface area contributed by atoms with Gasteiger partial charge in [-0.2, -0.15) is 0 Å². The SMILES string of the molecule is OC[C@H]1OC(O)[C@H](O)[C@@H](O)[C@@H]1O.[CH2]CCCCCCC. The molecule has 1 unspecified atom stereocenters. The number of aliphatic hydroxyl groups is 5. The molecule has 6 heteroatoms. The predicted molar refractivity (Wildman–Crippen MR) is 74.7 cm³/mol. The van der Waals surface area contributed by atoms with Gasteiger partial charge in [-0.25, -0.2) is 0 Å². The highest BCUT2D eigenvalue weighted by atomic mass is 16.6. The van der Waals surface area contributed by atoms with Crippen LogP contribution in [0, 0.1) is 6.92 Å². The molecule has 1 aliphatic rings. The highest BCUT2D eigenvalue weighted by molar-refractivity contribution is 4.87. The zero-order valence-electron chi connectivity index (χ0n) is 12.2. The summed E-state index contributed by atoms with van der Waals surface area (Å²) in [5, 5.41) is 44.7. The summed E-state index contributed by atoms with van der Waals surface area (Å²) in [7, 11) is 0. The summed E-state index contributed by atoms with van der Waals surface area (Å²) in [4.78, 5) is 0. The van der Waals surface area contributed by atoms with Crippen LogP contribution in [0.5, 0.6) is 0 Å². The molecule has 0 aromatic heterocycles. The minimum absolute atomic E-state index is 0.526. The van der Waals surface area contributed by atoms with Crippen molar-refractivity contribution < 1.29 is 30.3 Å². The second kappa shape index (κ2) is 11.4. The first-order valence-corrected chi connectivity index (χ1v) is 7.27. The molecule has 0 aliphatic carbocycles. The van der Waals surface area contributed by atoms with E-state index in [1.165, 1.54) is 32.1 Å². The van der Waals surface area contributed by atoms with Crippen LogP contribution in [-0.4, -0.2) is 62.8 Å². The van der Waals surface area contributed by atoms with Crippen molar-refractivity contribution in [1.82, 2.24) is 0 Å². The molecular weight excluding hydrogens is 264 g/mol. The Bertz CT molecular complexity index is 215. The van der Waals surface area contributed by atoms with Crippen LogP contribution >= 0.6 is 0 Å². The predicted octanol–water partition coefficient (Wildman–Crippen LogP) is -0.0404. The normalized spacial score (nSPS) is 33.5. The minimum atomic E-state index is -1.57. The number of hydrogen-bond acceptors (Lipinski definition) is 6. The highest BCUT2D eigenvalue weighted by Crippen LogP contribution is 2.18. The third kappa shape index (κ3) is 6.97. The Hall–Kier alpha value is -0.240. The fourth-order valence-electron chi connectivity index (χ4n) is 1.86. The molecule has 0 aromatic carbocycles. The van der Waals surface area contributed by atoms with Gasteiger partial charge < -0.3 is 30.3 Å². The van der Waals surface area contributed by atoms with E-state index < -0.39 is 37.3 Å². The van der Waals surface area contributed by atoms with E-state index in [1.54, 1.807) is 0 Å². The van der Waals surface area contributed by atoms with Crippen LogP contribution in [-0.2, 0) is 4.74 Å². The van der Waals surface area contributed by atoms with Crippen LogP contribution in [0.2, 0.25) is 0 Å². The van der Waals surface area contributed by atoms with Crippen molar-refractivity contribution in [3.63, 3.8) is 0 Å². The molecule has 0 amide bonds. The van der Waals surface area contributed by atoms with Crippen molar-refractivity contribution >= 4 is 0 Å². The van der Waals surface area contributed by atoms with Gasteiger partial charge in [0.1, 0.15) is 24.4 Å². The topological polar surface area (TPSA) is 110 Å². The molecule has 6 nitrogen and oxygen atoms in total. The second-order valence-electron chi connectivity index (χ2n) is 4.99. The van der Waals surface area contributed by atoms with Gasteiger partial charge in [0.25, 0.3) is 0 Å². The third-order valence-electron chi connectivity index (χ3n) is 3.22. The average molecular weight is 293 g/mol. The molecule has 0 spiro atoms. The first-order chi connectivity index (χ1) is 9.49. The molecule has 1 saturated heterocycles. The van der Waals surface area contributed by atoms with Gasteiger partial charge in [0, 0.05) is 0 Å². The Labute approximate surface area is 121 Å². The molecule has 1 radical (unpaired) electrons. The lowest BCUT2D eigenvalue weighted by molar-refractivity contribution is -0.286. The standard InChI is InChI=1S/C8H17.C6H12O6/c1-3-5-7-8-6-4-2;7-1-2-3(8)4(9)5(10)6(11)12-2/h1,3-8H2,2H3;2-11H,1H2/t;2-,3-,4+,5-,6?/m.1/s1. The van der Waals surface area contributed by atoms with E-state index in [1.807, 2.05) is 0 Å². The van der Waals surface area contributed by atoms with Crippen LogP contribution in [0.4, 0.5) is 0 Å². The summed E-state index contributed by atoms with van der Waals surface area (Å²) in [6.07, 6.45) is 0.936. The maximum Gasteiger partial charge on any atom is 0.184 e. The minimum Gasteiger partial charge on any atom is -0.394 e. The summed E-state index contributed by atoms with van der Waals surface area (Å²) in [6.45, 7) is 5.50. The Morgan fingerprint density at radius 1 is 0.900 bits per heavy atom. The van der Waals surface area contributed by atoms with Gasteiger partial charge in [-0.1, -0.05) is 52.4 Å². The van der Waals surface area contributed by atoms with Crippen LogP contribution in [0.25, 0.3) is 0 Å². The maximum absolute atomic E-state index is 9.12. The fraction of sp³-hybridized carbons (Fsp3) is 0.929. The highest BCUT2D eigenvalue weighted by Gasteiger charge is 2.42. The van der Waals surface area contributed by atoms with Gasteiger partial charge in [-0.15, -0.1) is 0 Å². The molecule has 0 aromatic rings. The summed E-state index contributed by atoms with van der Waals surface area (Å²) in [6, 6.07) is 0. The molecular formula is C14H29O6. The first-order valence-electron chi connectivity index (χ1n) is 7.27. The van der Waals surface area contributed by atoms with Gasteiger partial charge in [-0.05, 0) is 0 Å². The van der Waals surface area contributed by atoms with E-state index in [4.69, 9.17) is 25.5 Å². The summed E-state index contributed by atoms with van der Waals surface area (Å²) in [5.74, 6) is 0. The maximum atomic E-state index is 9.12. The van der Waals surface area contributed by atoms with E-state index in [0.29, 0.717) is 0 Å². The van der Waals surface area contributed by atoms with Crippen LogP contribution in [0.3, 0.4) is 0 Å². The number of aliphatic hydroxyl groups excluding tert-OH is 5. The molecule has 20 heavy (non-hydrogen) atoms. The zero-order chi connectivity index (χ0) is 15.5. The van der Waals surface area contributed by atoms with Gasteiger partial charge in [-0.3, -0.25) is 0 Å². The smallest absolute Gasteiger partial charge is 0.184 e. The molecule has 5 atom stereocenters. The quantitative estimate of drug-likeness (QED) is 0.440. The van der Waals surface area contributed by atoms with Crippen molar-refractivity contribution in [3.05, 3.63) is 6.92 Å². The van der Waals surface area contributed by atoms with E-state index >= 15 is 0 Å². The van der Waals surface area contributed by atoms with Crippen molar-refractivity contribution in [2.75, 3.05) is 6.61 Å². The zero-order valence-corrected chi connectivity index (χ0v) is 12.2. The Balaban J connectivity index is 0.000000396. The Kier molecular flexibility index (Phi) is 11.3. The Morgan fingerprint density at radius 2 is 1.50 bits per heavy atom. The monoisotopic (exact) mass is 293 g/mol. The van der Waals surface area contributed by atoms with E-state index in [0.717, 1.165) is 6.42 Å². The lowest BCUT2D eigenvalue weighted by Gasteiger charge is -2.37. The van der Waals surface area contributed by atoms with Crippen molar-refractivity contribution in [2.24, 2.45) is 0 Å². The fourth-order valence-corrected chi connectivity index (χ4v) is 1.86. The molecule has 121 valence electrons. The number of unbranched alkanes of at least 4 members (excludes halogenated alkanes) is 5. The third-order valence-corrected chi connectivity index (χ3v) is 3.22. The molecule has 1 aliphatic heterocycles. The molecule has 1 rings (SSSR count). The van der Waals surface area contributed by atoms with Crippen molar-refractivity contribution in [2.45, 2.75) is 76.2 Å². The number of rotatable bonds is 6. The van der Waals surface area contributed by atoms with Crippen LogP contribution in [0.15, 0.2) is 0 Å². The number of ether oxygens (including phenoxy) is 1. The van der Waals surface area contributed by atoms with Gasteiger partial charge >= 0.3 is 0 Å². The van der Waals surface area contributed by atoms with Gasteiger partial charge in [0.15, 0.2) is 6.29 Å². The van der Waals surface area contributed by atoms with E-state index in [9.17, 15) is 0 Å². The van der Waals surface area contributed by atoms with Gasteiger partial charge in [0.05, 0.1) is 6.61 Å². The van der Waals surface area contributed by atoms with Crippen molar-refractivity contribution in [1.29, 1.82) is 0 Å². The summed E-state index contributed by atoms with van der Waals surface area (Å²) in [5.41, 5.74) is 0. The number of hydrogen-bond donors (Lipinski definition) is 5. The van der Waals surface area contributed by atoms with Crippen LogP contribution in [0.1, 0.15) is 45.4 Å². The van der Waals surface area contributed by atoms with Gasteiger partial charge in [0.2, 0.25) is 0 Å². The lowest BCUT2D eigenvalue weighted by Crippen LogP contribution is -2.58. The molecule has 1 fully saturated rings. The molecule has 0 bridgehead atoms. The lowest BCUT2D eigenvalue weighted by atomic mass is 10.00. The summed E-state index contributed by atoms with van der Waals surface area (Å²) < 4.78 is 4.58. The molecule has 1 heterocycles.